The molecule has 1 aromatic heterocycles. The SMILES string of the molecule is CCOC1(NC(=O)Cc2cccs2)C(=O)N2C(C(=O)[O-])=C(COC(C)=O)CS[C@@H]21.[Na+]. The quantitative estimate of drug-likeness (QED) is 0.184. The van der Waals surface area contributed by atoms with Gasteiger partial charge in [0.15, 0.2) is 0 Å². The largest absolute Gasteiger partial charge is 1.00 e. The van der Waals surface area contributed by atoms with Crippen LogP contribution in [0.4, 0.5) is 0 Å². The third-order valence-electron chi connectivity index (χ3n) is 4.37. The van der Waals surface area contributed by atoms with E-state index in [9.17, 15) is 24.3 Å². The Morgan fingerprint density at radius 3 is 2.70 bits per heavy atom. The van der Waals surface area contributed by atoms with Crippen LogP contribution in [0.15, 0.2) is 28.8 Å². The fourth-order valence-corrected chi connectivity index (χ4v) is 5.31. The molecule has 9 nitrogen and oxygen atoms in total. The second-order valence-electron chi connectivity index (χ2n) is 6.33. The minimum atomic E-state index is -1.65. The summed E-state index contributed by atoms with van der Waals surface area (Å²) < 4.78 is 10.5. The van der Waals surface area contributed by atoms with Gasteiger partial charge in [-0.05, 0) is 18.4 Å². The summed E-state index contributed by atoms with van der Waals surface area (Å²) in [5.41, 5.74) is -1.74. The summed E-state index contributed by atoms with van der Waals surface area (Å²) in [6.07, 6.45) is 0.0814. The molecule has 1 aromatic rings. The molecule has 0 aromatic carbocycles. The molecule has 156 valence electrons. The maximum Gasteiger partial charge on any atom is 1.00 e. The molecule has 1 fully saturated rings. The van der Waals surface area contributed by atoms with Crippen molar-refractivity contribution in [1.29, 1.82) is 0 Å². The molecule has 1 unspecified atom stereocenters. The molecule has 30 heavy (non-hydrogen) atoms. The zero-order chi connectivity index (χ0) is 21.2. The van der Waals surface area contributed by atoms with Crippen molar-refractivity contribution in [2.45, 2.75) is 31.4 Å². The van der Waals surface area contributed by atoms with Gasteiger partial charge >= 0.3 is 35.5 Å². The molecule has 2 aliphatic rings. The van der Waals surface area contributed by atoms with E-state index in [2.05, 4.69) is 5.32 Å². The van der Waals surface area contributed by atoms with Crippen LogP contribution in [0.2, 0.25) is 0 Å². The van der Waals surface area contributed by atoms with E-state index in [1.54, 1.807) is 13.0 Å². The Kier molecular flexibility index (Phi) is 8.54. The predicted octanol–water partition coefficient (Wildman–Crippen LogP) is -3.37. The maximum atomic E-state index is 13.0. The van der Waals surface area contributed by atoms with Crippen molar-refractivity contribution >= 4 is 46.9 Å². The number of thiophene rings is 1. The van der Waals surface area contributed by atoms with Crippen LogP contribution in [0.1, 0.15) is 18.7 Å². The summed E-state index contributed by atoms with van der Waals surface area (Å²) in [6.45, 7) is 2.77. The van der Waals surface area contributed by atoms with Crippen LogP contribution >= 0.6 is 23.1 Å². The van der Waals surface area contributed by atoms with Crippen molar-refractivity contribution in [3.63, 3.8) is 0 Å². The molecule has 0 saturated carbocycles. The van der Waals surface area contributed by atoms with E-state index in [1.807, 2.05) is 11.4 Å². The first-order valence-corrected chi connectivity index (χ1v) is 10.7. The molecule has 12 heteroatoms. The van der Waals surface area contributed by atoms with Crippen LogP contribution in [-0.2, 0) is 35.1 Å². The second kappa shape index (κ2) is 10.3. The number of nitrogens with one attached hydrogen (secondary N) is 1. The van der Waals surface area contributed by atoms with Crippen molar-refractivity contribution in [3.8, 4) is 0 Å². The van der Waals surface area contributed by atoms with Crippen LogP contribution in [0, 0.1) is 0 Å². The van der Waals surface area contributed by atoms with Crippen molar-refractivity contribution in [2.75, 3.05) is 19.0 Å². The first-order valence-electron chi connectivity index (χ1n) is 8.79. The molecule has 0 aliphatic carbocycles. The van der Waals surface area contributed by atoms with Crippen LogP contribution in [-0.4, -0.2) is 58.7 Å². The molecule has 2 aliphatic heterocycles. The van der Waals surface area contributed by atoms with Crippen molar-refractivity contribution in [3.05, 3.63) is 33.7 Å². The van der Waals surface area contributed by atoms with Crippen LogP contribution in [0.25, 0.3) is 0 Å². The second-order valence-corrected chi connectivity index (χ2v) is 8.43. The number of carboxylic acids is 1. The van der Waals surface area contributed by atoms with Gasteiger partial charge in [-0.3, -0.25) is 19.3 Å². The van der Waals surface area contributed by atoms with Crippen molar-refractivity contribution in [2.24, 2.45) is 0 Å². The summed E-state index contributed by atoms with van der Waals surface area (Å²) in [5, 5.41) is 15.4. The minimum Gasteiger partial charge on any atom is -0.543 e. The Hall–Kier alpha value is -1.37. The van der Waals surface area contributed by atoms with E-state index in [0.29, 0.717) is 0 Å². The molecule has 3 heterocycles. The van der Waals surface area contributed by atoms with E-state index in [1.165, 1.54) is 30.0 Å². The van der Waals surface area contributed by atoms with Gasteiger partial charge in [0.2, 0.25) is 5.91 Å². The molecule has 2 amide bonds. The minimum absolute atomic E-state index is 0. The van der Waals surface area contributed by atoms with Gasteiger partial charge in [0.25, 0.3) is 11.6 Å². The maximum absolute atomic E-state index is 13.0. The van der Waals surface area contributed by atoms with E-state index in [0.717, 1.165) is 9.78 Å². The Morgan fingerprint density at radius 2 is 2.13 bits per heavy atom. The molecule has 0 bridgehead atoms. The Labute approximate surface area is 203 Å². The monoisotopic (exact) mass is 462 g/mol. The molecule has 0 spiro atoms. The number of nitrogens with zero attached hydrogens (tertiary/aromatic N) is 1. The third kappa shape index (κ3) is 4.76. The number of carbonyl (C=O) groups excluding carboxylic acids is 4. The average Bonchev–Trinajstić information content (AvgIpc) is 3.17. The Balaban J connectivity index is 0.00000320. The van der Waals surface area contributed by atoms with E-state index in [-0.39, 0.29) is 66.2 Å². The molecule has 3 rings (SSSR count). The number of β-lactam (4-membered cyclic amide) rings is 1. The first-order chi connectivity index (χ1) is 13.8. The smallest absolute Gasteiger partial charge is 0.543 e. The number of rotatable bonds is 8. The number of carboxylic acid groups (broad SMARTS) is 1. The van der Waals surface area contributed by atoms with E-state index in [4.69, 9.17) is 9.47 Å². The number of hydrogen-bond donors (Lipinski definition) is 1. The van der Waals surface area contributed by atoms with Crippen LogP contribution in [0.5, 0.6) is 0 Å². The van der Waals surface area contributed by atoms with Crippen LogP contribution < -0.4 is 40.0 Å². The molecular weight excluding hydrogens is 443 g/mol. The fourth-order valence-electron chi connectivity index (χ4n) is 3.21. The number of aliphatic carboxylic acids is 1. The van der Waals surface area contributed by atoms with Gasteiger partial charge in [0.1, 0.15) is 12.0 Å². The summed E-state index contributed by atoms with van der Waals surface area (Å²) in [6, 6.07) is 3.63. The van der Waals surface area contributed by atoms with Crippen molar-refractivity contribution < 1.29 is 63.3 Å². The number of ether oxygens (including phenoxy) is 2. The van der Waals surface area contributed by atoms with E-state index < -0.39 is 34.9 Å². The number of thioether (sulfide) groups is 1. The summed E-state index contributed by atoms with van der Waals surface area (Å²) in [7, 11) is 0. The van der Waals surface area contributed by atoms with Crippen LogP contribution in [0.3, 0.4) is 0 Å². The number of fused-ring (bicyclic) bond motifs is 1. The van der Waals surface area contributed by atoms with Gasteiger partial charge in [-0.15, -0.1) is 23.1 Å². The average molecular weight is 462 g/mol. The molecule has 1 N–H and O–H groups in total. The number of carbonyl (C=O) groups is 4. The number of amides is 2. The molecule has 1 saturated heterocycles. The summed E-state index contributed by atoms with van der Waals surface area (Å²) >= 11 is 2.64. The predicted molar refractivity (Wildman–Crippen MR) is 102 cm³/mol. The summed E-state index contributed by atoms with van der Waals surface area (Å²) in [5.74, 6) is -3.04. The van der Waals surface area contributed by atoms with Gasteiger partial charge in [-0.1, -0.05) is 6.07 Å². The molecule has 0 radical (unpaired) electrons. The van der Waals surface area contributed by atoms with Gasteiger partial charge in [-0.2, -0.15) is 0 Å². The molecular formula is C18H19N2NaO7S2. The number of hydrogen-bond acceptors (Lipinski definition) is 9. The fraction of sp³-hybridized carbons (Fsp3) is 0.444. The van der Waals surface area contributed by atoms with Gasteiger partial charge in [0, 0.05) is 29.7 Å². The standard InChI is InChI=1S/C18H20N2O7S2.Na/c1-3-27-18(19-13(22)7-12-5-4-6-28-12)16(25)20-14(15(23)24)11(8-26-10(2)21)9-29-17(18)20;/h4-6,17H,3,7-9H2,1-2H3,(H,19,22)(H,23,24);/q;+1/p-1/t17-,18?;/m1./s1. The van der Waals surface area contributed by atoms with E-state index >= 15 is 0 Å². The normalized spacial score (nSPS) is 22.5. The summed E-state index contributed by atoms with van der Waals surface area (Å²) in [4.78, 5) is 50.1. The topological polar surface area (TPSA) is 125 Å². The van der Waals surface area contributed by atoms with Gasteiger partial charge < -0.3 is 24.7 Å². The number of esters is 1. The first kappa shape index (κ1) is 24.9. The molecule has 2 atom stereocenters. The Morgan fingerprint density at radius 1 is 1.40 bits per heavy atom. The zero-order valence-corrected chi connectivity index (χ0v) is 20.4. The third-order valence-corrected chi connectivity index (χ3v) is 6.62. The Bertz CT molecular complexity index is 874. The zero-order valence-electron chi connectivity index (χ0n) is 16.8. The van der Waals surface area contributed by atoms with Gasteiger partial charge in [0.05, 0.1) is 18.1 Å². The van der Waals surface area contributed by atoms with Gasteiger partial charge in [-0.25, -0.2) is 0 Å². The van der Waals surface area contributed by atoms with Crippen molar-refractivity contribution in [1.82, 2.24) is 10.2 Å².